The van der Waals surface area contributed by atoms with Gasteiger partial charge < -0.3 is 19.5 Å². The molecule has 1 fully saturated rings. The predicted octanol–water partition coefficient (Wildman–Crippen LogP) is 3.08. The van der Waals surface area contributed by atoms with Gasteiger partial charge in [-0.25, -0.2) is 4.39 Å². The van der Waals surface area contributed by atoms with Crippen LogP contribution in [0.3, 0.4) is 0 Å². The number of rotatable bonds is 7. The third-order valence-electron chi connectivity index (χ3n) is 4.65. The minimum atomic E-state index is -0.154. The number of carbonyl (C=O) groups is 1. The number of carbonyl (C=O) groups excluding carboxylic acids is 1. The zero-order valence-electron chi connectivity index (χ0n) is 16.6. The van der Waals surface area contributed by atoms with Gasteiger partial charge in [0.1, 0.15) is 5.82 Å². The number of halogens is 1. The predicted molar refractivity (Wildman–Crippen MR) is 115 cm³/mol. The molecule has 1 aromatic heterocycles. The number of piperazine rings is 1. The van der Waals surface area contributed by atoms with Crippen LogP contribution in [0.5, 0.6) is 0 Å². The van der Waals surface area contributed by atoms with Crippen LogP contribution >= 0.6 is 11.8 Å². The number of hydrogen-bond donors (Lipinski definition) is 1. The lowest BCUT2D eigenvalue weighted by Crippen LogP contribution is -2.53. The number of hydrogen-bond acceptors (Lipinski definition) is 4. The van der Waals surface area contributed by atoms with E-state index in [1.807, 2.05) is 24.0 Å². The Morgan fingerprint density at radius 2 is 1.93 bits per heavy atom. The number of nitrogens with one attached hydrogen (secondary N) is 1. The molecule has 1 N–H and O–H groups in total. The number of thioether (sulfide) groups is 1. The van der Waals surface area contributed by atoms with Crippen molar-refractivity contribution in [3.8, 4) is 0 Å². The van der Waals surface area contributed by atoms with Crippen molar-refractivity contribution in [1.82, 2.24) is 15.1 Å². The van der Waals surface area contributed by atoms with Gasteiger partial charge >= 0.3 is 0 Å². The summed E-state index contributed by atoms with van der Waals surface area (Å²) in [6.07, 6.45) is 1.52. The summed E-state index contributed by atoms with van der Waals surface area (Å²) in [6, 6.07) is 10.3. The van der Waals surface area contributed by atoms with Crippen molar-refractivity contribution in [3.63, 3.8) is 0 Å². The lowest BCUT2D eigenvalue weighted by atomic mass is 10.2. The maximum atomic E-state index is 13.7. The molecular formula is C21H27FN4O2S. The fourth-order valence-electron chi connectivity index (χ4n) is 3.12. The highest BCUT2D eigenvalue weighted by Crippen LogP contribution is 2.15. The maximum absolute atomic E-state index is 13.7. The third kappa shape index (κ3) is 6.00. The van der Waals surface area contributed by atoms with Crippen LogP contribution in [0.2, 0.25) is 0 Å². The average Bonchev–Trinajstić information content (AvgIpc) is 3.28. The maximum Gasteiger partial charge on any atom is 0.289 e. The van der Waals surface area contributed by atoms with Gasteiger partial charge in [-0.2, -0.15) is 11.8 Å². The van der Waals surface area contributed by atoms with Crippen LogP contribution in [0.25, 0.3) is 0 Å². The Kier molecular flexibility index (Phi) is 7.98. The first-order valence-electron chi connectivity index (χ1n) is 9.86. The molecule has 29 heavy (non-hydrogen) atoms. The SMILES string of the molecule is CCNC(=NCCSCc1ccccc1F)N1CCN(C(=O)c2ccco2)CC1. The first-order valence-corrected chi connectivity index (χ1v) is 11.0. The molecule has 1 aliphatic rings. The Hall–Kier alpha value is -2.48. The van der Waals surface area contributed by atoms with Gasteiger partial charge in [-0.15, -0.1) is 0 Å². The monoisotopic (exact) mass is 418 g/mol. The molecule has 3 rings (SSSR count). The zero-order chi connectivity index (χ0) is 20.5. The van der Waals surface area contributed by atoms with Gasteiger partial charge in [-0.1, -0.05) is 18.2 Å². The minimum Gasteiger partial charge on any atom is -0.459 e. The van der Waals surface area contributed by atoms with Gasteiger partial charge in [0.05, 0.1) is 12.8 Å². The number of nitrogens with zero attached hydrogens (tertiary/aromatic N) is 3. The molecule has 6 nitrogen and oxygen atoms in total. The first kappa shape index (κ1) is 21.2. The van der Waals surface area contributed by atoms with Gasteiger partial charge in [0.25, 0.3) is 5.91 Å². The van der Waals surface area contributed by atoms with Crippen LogP contribution in [-0.4, -0.2) is 66.7 Å². The van der Waals surface area contributed by atoms with Crippen molar-refractivity contribution in [3.05, 3.63) is 59.8 Å². The summed E-state index contributed by atoms with van der Waals surface area (Å²) in [6.45, 7) is 6.19. The fraction of sp³-hybridized carbons (Fsp3) is 0.429. The summed E-state index contributed by atoms with van der Waals surface area (Å²) in [5.74, 6) is 2.49. The lowest BCUT2D eigenvalue weighted by Gasteiger charge is -2.36. The quantitative estimate of drug-likeness (QED) is 0.425. The molecular weight excluding hydrogens is 391 g/mol. The van der Waals surface area contributed by atoms with Crippen LogP contribution in [0.15, 0.2) is 52.1 Å². The van der Waals surface area contributed by atoms with E-state index in [0.717, 1.165) is 36.9 Å². The Bertz CT molecular complexity index is 805. The van der Waals surface area contributed by atoms with Crippen LogP contribution in [0, 0.1) is 5.82 Å². The second-order valence-electron chi connectivity index (χ2n) is 6.64. The summed E-state index contributed by atoms with van der Waals surface area (Å²) in [4.78, 5) is 21.1. The Morgan fingerprint density at radius 1 is 1.17 bits per heavy atom. The molecule has 0 atom stereocenters. The molecule has 1 aromatic carbocycles. The van der Waals surface area contributed by atoms with Gasteiger partial charge in [-0.05, 0) is 30.7 Å². The Labute approximate surface area is 175 Å². The molecule has 2 aromatic rings. The molecule has 0 spiro atoms. The van der Waals surface area contributed by atoms with E-state index in [1.54, 1.807) is 30.0 Å². The number of amides is 1. The number of furan rings is 1. The van der Waals surface area contributed by atoms with E-state index in [0.29, 0.717) is 31.1 Å². The zero-order valence-corrected chi connectivity index (χ0v) is 17.5. The molecule has 1 saturated heterocycles. The van der Waals surface area contributed by atoms with Crippen LogP contribution in [0.4, 0.5) is 4.39 Å². The molecule has 156 valence electrons. The largest absolute Gasteiger partial charge is 0.459 e. The van der Waals surface area contributed by atoms with Gasteiger partial charge in [0.15, 0.2) is 11.7 Å². The van der Waals surface area contributed by atoms with E-state index in [2.05, 4.69) is 10.2 Å². The lowest BCUT2D eigenvalue weighted by molar-refractivity contribution is 0.0657. The van der Waals surface area contributed by atoms with E-state index < -0.39 is 0 Å². The second kappa shape index (κ2) is 10.9. The summed E-state index contributed by atoms with van der Waals surface area (Å²) in [7, 11) is 0. The van der Waals surface area contributed by atoms with Crippen molar-refractivity contribution >= 4 is 23.6 Å². The Balaban J connectivity index is 1.45. The fourth-order valence-corrected chi connectivity index (χ4v) is 3.94. The average molecular weight is 419 g/mol. The number of aliphatic imine (C=N–C) groups is 1. The van der Waals surface area contributed by atoms with E-state index in [9.17, 15) is 9.18 Å². The second-order valence-corrected chi connectivity index (χ2v) is 7.74. The molecule has 1 aliphatic heterocycles. The summed E-state index contributed by atoms with van der Waals surface area (Å²) < 4.78 is 18.9. The summed E-state index contributed by atoms with van der Waals surface area (Å²) in [5, 5.41) is 3.33. The van der Waals surface area contributed by atoms with Crippen LogP contribution < -0.4 is 5.32 Å². The normalized spacial score (nSPS) is 14.9. The van der Waals surface area contributed by atoms with E-state index in [-0.39, 0.29) is 11.7 Å². The summed E-state index contributed by atoms with van der Waals surface area (Å²) in [5.41, 5.74) is 0.728. The van der Waals surface area contributed by atoms with Crippen molar-refractivity contribution in [1.29, 1.82) is 0 Å². The standard InChI is InChI=1S/C21H27FN4O2S/c1-2-23-21(24-9-15-29-16-17-6-3-4-7-18(17)22)26-12-10-25(11-13-26)20(27)19-8-5-14-28-19/h3-8,14H,2,9-13,15-16H2,1H3,(H,23,24). The topological polar surface area (TPSA) is 61.1 Å². The van der Waals surface area contributed by atoms with Crippen molar-refractivity contribution in [2.45, 2.75) is 12.7 Å². The Morgan fingerprint density at radius 3 is 2.62 bits per heavy atom. The van der Waals surface area contributed by atoms with Crippen molar-refractivity contribution in [2.75, 3.05) is 45.0 Å². The van der Waals surface area contributed by atoms with Crippen LogP contribution in [0.1, 0.15) is 23.0 Å². The van der Waals surface area contributed by atoms with Crippen molar-refractivity contribution in [2.24, 2.45) is 4.99 Å². The molecule has 0 radical (unpaired) electrons. The van der Waals surface area contributed by atoms with Crippen LogP contribution in [-0.2, 0) is 5.75 Å². The molecule has 0 unspecified atom stereocenters. The highest BCUT2D eigenvalue weighted by molar-refractivity contribution is 7.98. The van der Waals surface area contributed by atoms with Crippen molar-refractivity contribution < 1.29 is 13.6 Å². The van der Waals surface area contributed by atoms with E-state index in [4.69, 9.17) is 9.41 Å². The molecule has 8 heteroatoms. The molecule has 0 saturated carbocycles. The number of benzene rings is 1. The highest BCUT2D eigenvalue weighted by atomic mass is 32.2. The van der Waals surface area contributed by atoms with E-state index >= 15 is 0 Å². The van der Waals surface area contributed by atoms with E-state index in [1.165, 1.54) is 12.3 Å². The molecule has 2 heterocycles. The van der Waals surface area contributed by atoms with Gasteiger partial charge in [-0.3, -0.25) is 9.79 Å². The number of guanidine groups is 1. The minimum absolute atomic E-state index is 0.0684. The molecule has 0 aliphatic carbocycles. The summed E-state index contributed by atoms with van der Waals surface area (Å²) >= 11 is 1.67. The first-order chi connectivity index (χ1) is 14.2. The molecule has 0 bridgehead atoms. The highest BCUT2D eigenvalue weighted by Gasteiger charge is 2.25. The molecule has 1 amide bonds. The van der Waals surface area contributed by atoms with Gasteiger partial charge in [0.2, 0.25) is 0 Å². The van der Waals surface area contributed by atoms with Gasteiger partial charge in [0, 0.05) is 44.2 Å². The smallest absolute Gasteiger partial charge is 0.289 e. The third-order valence-corrected chi connectivity index (χ3v) is 5.63.